The Morgan fingerprint density at radius 2 is 2.08 bits per heavy atom. The van der Waals surface area contributed by atoms with Crippen LogP contribution in [0.15, 0.2) is 17.1 Å². The Morgan fingerprint density at radius 3 is 2.62 bits per heavy atom. The molecule has 3 rings (SSSR count). The lowest BCUT2D eigenvalue weighted by molar-refractivity contribution is -0.161. The van der Waals surface area contributed by atoms with Crippen molar-refractivity contribution in [3.8, 4) is 0 Å². The van der Waals surface area contributed by atoms with E-state index in [1.54, 1.807) is 25.5 Å². The Balaban J connectivity index is 1.97. The number of fused-ring (bicyclic) bond motifs is 1. The first-order chi connectivity index (χ1) is 11.2. The lowest BCUT2D eigenvalue weighted by atomic mass is 9.82. The fourth-order valence-corrected chi connectivity index (χ4v) is 4.30. The van der Waals surface area contributed by atoms with Crippen molar-refractivity contribution in [1.82, 2.24) is 9.80 Å². The third-order valence-electron chi connectivity index (χ3n) is 4.50. The van der Waals surface area contributed by atoms with E-state index < -0.39 is 18.0 Å². The topological polar surface area (TPSA) is 98.1 Å². The van der Waals surface area contributed by atoms with E-state index >= 15 is 0 Å². The van der Waals surface area contributed by atoms with Gasteiger partial charge in [0.25, 0.3) is 5.91 Å². The van der Waals surface area contributed by atoms with Gasteiger partial charge in [-0.1, -0.05) is 0 Å². The van der Waals surface area contributed by atoms with Crippen LogP contribution in [0.25, 0.3) is 5.57 Å². The molecule has 1 saturated heterocycles. The van der Waals surface area contributed by atoms with Gasteiger partial charge >= 0.3 is 5.97 Å². The van der Waals surface area contributed by atoms with Gasteiger partial charge in [0.15, 0.2) is 0 Å². The highest BCUT2D eigenvalue weighted by molar-refractivity contribution is 7.12. The van der Waals surface area contributed by atoms with Gasteiger partial charge in [-0.15, -0.1) is 11.3 Å². The van der Waals surface area contributed by atoms with Crippen LogP contribution in [-0.2, 0) is 9.59 Å². The molecule has 3 atom stereocenters. The molecule has 7 nitrogen and oxygen atoms in total. The number of rotatable bonds is 4. The maximum absolute atomic E-state index is 12.2. The van der Waals surface area contributed by atoms with Crippen LogP contribution in [0.4, 0.5) is 0 Å². The number of thiophene rings is 1. The molecule has 3 heterocycles. The minimum absolute atomic E-state index is 0.0384. The van der Waals surface area contributed by atoms with Crippen LogP contribution in [0.3, 0.4) is 0 Å². The number of aliphatic carboxylic acids is 1. The van der Waals surface area contributed by atoms with Crippen molar-refractivity contribution < 1.29 is 24.6 Å². The smallest absolute Gasteiger partial charge is 0.352 e. The minimum atomic E-state index is -1.17. The molecule has 0 radical (unpaired) electrons. The SMILES string of the molecule is C[C@@H](O)[C@H]1C(=O)N2C(C(=O)O)=C(c3csc(C(=O)N(C)C)c3)C[C@H]12. The molecular weight excluding hydrogens is 332 g/mol. The van der Waals surface area contributed by atoms with E-state index in [0.717, 1.165) is 0 Å². The van der Waals surface area contributed by atoms with Gasteiger partial charge in [-0.05, 0) is 35.9 Å². The molecule has 1 fully saturated rings. The summed E-state index contributed by atoms with van der Waals surface area (Å²) in [5, 5.41) is 21.0. The average Bonchev–Trinajstić information content (AvgIpc) is 3.07. The number of aliphatic hydroxyl groups excluding tert-OH is 1. The summed E-state index contributed by atoms with van der Waals surface area (Å²) in [6, 6.07) is 1.34. The van der Waals surface area contributed by atoms with Gasteiger partial charge in [0.2, 0.25) is 5.91 Å². The lowest BCUT2D eigenvalue weighted by Gasteiger charge is -2.44. The second-order valence-electron chi connectivity index (χ2n) is 6.28. The molecule has 0 saturated carbocycles. The molecule has 2 amide bonds. The predicted octanol–water partition coefficient (Wildman–Crippen LogP) is 0.857. The molecule has 0 unspecified atom stereocenters. The summed E-state index contributed by atoms with van der Waals surface area (Å²) in [5.74, 6) is -2.25. The normalized spacial score (nSPS) is 23.8. The van der Waals surface area contributed by atoms with Crippen molar-refractivity contribution in [1.29, 1.82) is 0 Å². The highest BCUT2D eigenvalue weighted by Crippen LogP contribution is 2.47. The van der Waals surface area contributed by atoms with Crippen LogP contribution < -0.4 is 0 Å². The zero-order valence-corrected chi connectivity index (χ0v) is 14.3. The molecule has 1 aromatic heterocycles. The number of β-lactam (4-membered cyclic amide) rings is 1. The molecule has 2 aliphatic heterocycles. The number of aliphatic hydroxyl groups is 1. The third kappa shape index (κ3) is 2.33. The first kappa shape index (κ1) is 16.7. The summed E-state index contributed by atoms with van der Waals surface area (Å²) in [4.78, 5) is 39.1. The first-order valence-corrected chi connectivity index (χ1v) is 8.40. The molecule has 2 aliphatic rings. The van der Waals surface area contributed by atoms with Crippen molar-refractivity contribution >= 4 is 34.7 Å². The van der Waals surface area contributed by atoms with Crippen molar-refractivity contribution in [2.45, 2.75) is 25.5 Å². The van der Waals surface area contributed by atoms with E-state index in [0.29, 0.717) is 22.4 Å². The van der Waals surface area contributed by atoms with Gasteiger partial charge in [-0.3, -0.25) is 9.59 Å². The highest BCUT2D eigenvalue weighted by Gasteiger charge is 2.56. The number of amides is 2. The summed E-state index contributed by atoms with van der Waals surface area (Å²) in [5.41, 5.74) is 1.15. The average molecular weight is 350 g/mol. The minimum Gasteiger partial charge on any atom is -0.477 e. The number of carbonyl (C=O) groups excluding carboxylic acids is 2. The first-order valence-electron chi connectivity index (χ1n) is 7.52. The highest BCUT2D eigenvalue weighted by atomic mass is 32.1. The van der Waals surface area contributed by atoms with Crippen LogP contribution in [0.5, 0.6) is 0 Å². The summed E-state index contributed by atoms with van der Waals surface area (Å²) < 4.78 is 0. The zero-order chi connectivity index (χ0) is 17.8. The van der Waals surface area contributed by atoms with Gasteiger partial charge in [0.05, 0.1) is 22.9 Å². The second-order valence-corrected chi connectivity index (χ2v) is 7.19. The van der Waals surface area contributed by atoms with Crippen LogP contribution in [-0.4, -0.2) is 64.0 Å². The number of carbonyl (C=O) groups is 3. The Labute approximate surface area is 142 Å². The Kier molecular flexibility index (Phi) is 3.97. The van der Waals surface area contributed by atoms with Gasteiger partial charge in [-0.2, -0.15) is 0 Å². The van der Waals surface area contributed by atoms with E-state index in [2.05, 4.69) is 0 Å². The fourth-order valence-electron chi connectivity index (χ4n) is 3.35. The molecule has 128 valence electrons. The number of carboxylic acids is 1. The summed E-state index contributed by atoms with van der Waals surface area (Å²) >= 11 is 1.25. The van der Waals surface area contributed by atoms with Crippen molar-refractivity contribution in [2.24, 2.45) is 5.92 Å². The maximum Gasteiger partial charge on any atom is 0.352 e. The molecule has 1 aromatic rings. The Bertz CT molecular complexity index is 764. The lowest BCUT2D eigenvalue weighted by Crippen LogP contribution is -2.61. The standard InChI is InChI=1S/C16H18N2O5S/c1-7(19)12-10-5-9(13(16(22)23)18(10)15(12)21)8-4-11(24-6-8)14(20)17(2)3/h4,6-7,10,12,19H,5H2,1-3H3,(H,22,23)/t7-,10-,12-/m1/s1. The molecule has 0 aromatic carbocycles. The molecule has 0 aliphatic carbocycles. The van der Waals surface area contributed by atoms with Crippen LogP contribution >= 0.6 is 11.3 Å². The zero-order valence-electron chi connectivity index (χ0n) is 13.5. The molecule has 0 bridgehead atoms. The van der Waals surface area contributed by atoms with E-state index in [1.807, 2.05) is 0 Å². The van der Waals surface area contributed by atoms with Crippen molar-refractivity contribution in [3.05, 3.63) is 27.6 Å². The van der Waals surface area contributed by atoms with E-state index in [-0.39, 0.29) is 23.6 Å². The number of carboxylic acid groups (broad SMARTS) is 1. The van der Waals surface area contributed by atoms with Crippen LogP contribution in [0.2, 0.25) is 0 Å². The quantitative estimate of drug-likeness (QED) is 0.785. The van der Waals surface area contributed by atoms with Gasteiger partial charge in [-0.25, -0.2) is 4.79 Å². The number of nitrogens with zero attached hydrogens (tertiary/aromatic N) is 2. The van der Waals surface area contributed by atoms with Crippen molar-refractivity contribution in [2.75, 3.05) is 14.1 Å². The molecule has 24 heavy (non-hydrogen) atoms. The fraction of sp³-hybridized carbons (Fsp3) is 0.438. The van der Waals surface area contributed by atoms with E-state index in [9.17, 15) is 24.6 Å². The number of hydrogen-bond donors (Lipinski definition) is 2. The molecular formula is C16H18N2O5S. The largest absolute Gasteiger partial charge is 0.477 e. The second kappa shape index (κ2) is 5.71. The van der Waals surface area contributed by atoms with Crippen molar-refractivity contribution in [3.63, 3.8) is 0 Å². The third-order valence-corrected chi connectivity index (χ3v) is 5.41. The maximum atomic E-state index is 12.2. The summed E-state index contributed by atoms with van der Waals surface area (Å²) in [7, 11) is 3.30. The van der Waals surface area contributed by atoms with E-state index in [1.165, 1.54) is 28.1 Å². The monoisotopic (exact) mass is 350 g/mol. The molecule has 8 heteroatoms. The summed E-state index contributed by atoms with van der Waals surface area (Å²) in [6.07, 6.45) is -0.448. The number of hydrogen-bond acceptors (Lipinski definition) is 5. The Hall–Kier alpha value is -2.19. The summed E-state index contributed by atoms with van der Waals surface area (Å²) in [6.45, 7) is 1.54. The Morgan fingerprint density at radius 1 is 1.42 bits per heavy atom. The van der Waals surface area contributed by atoms with Crippen LogP contribution in [0, 0.1) is 5.92 Å². The van der Waals surface area contributed by atoms with Gasteiger partial charge in [0.1, 0.15) is 5.70 Å². The van der Waals surface area contributed by atoms with Crippen LogP contribution in [0.1, 0.15) is 28.6 Å². The predicted molar refractivity (Wildman–Crippen MR) is 87.3 cm³/mol. The van der Waals surface area contributed by atoms with E-state index in [4.69, 9.17) is 0 Å². The molecule has 2 N–H and O–H groups in total. The van der Waals surface area contributed by atoms with Gasteiger partial charge < -0.3 is 20.0 Å². The molecule has 0 spiro atoms. The van der Waals surface area contributed by atoms with Gasteiger partial charge in [0, 0.05) is 14.1 Å².